The number of hydrogen-bond acceptors (Lipinski definition) is 3. The van der Waals surface area contributed by atoms with Crippen LogP contribution in [0.3, 0.4) is 0 Å². The van der Waals surface area contributed by atoms with E-state index in [-0.39, 0.29) is 6.03 Å². The molecule has 0 atom stereocenters. The summed E-state index contributed by atoms with van der Waals surface area (Å²) in [6, 6.07) is 23.2. The number of ether oxygens (including phenoxy) is 1. The first-order valence-corrected chi connectivity index (χ1v) is 8.96. The molecule has 0 aliphatic carbocycles. The van der Waals surface area contributed by atoms with Gasteiger partial charge in [0.15, 0.2) is 0 Å². The maximum Gasteiger partial charge on any atom is 0.321 e. The maximum absolute atomic E-state index is 12.4. The molecule has 3 rings (SSSR count). The van der Waals surface area contributed by atoms with E-state index in [1.54, 1.807) is 66.5 Å². The van der Waals surface area contributed by atoms with Gasteiger partial charge in [-0.1, -0.05) is 29.8 Å². The molecule has 6 heteroatoms. The number of rotatable bonds is 5. The molecule has 3 aromatic carbocycles. The third kappa shape index (κ3) is 5.03. The van der Waals surface area contributed by atoms with Gasteiger partial charge in [-0.15, -0.1) is 0 Å². The Morgan fingerprint density at radius 1 is 1.04 bits per heavy atom. The monoisotopic (exact) mass is 391 g/mol. The molecule has 0 aliphatic rings. The molecular formula is C22H18ClN3O2. The Balaban J connectivity index is 1.57. The SMILES string of the molecule is CN(Cc1ccccc1Cl)C(=O)Nc1ccc(Oc2ccc(C#N)cc2)cc1. The van der Waals surface area contributed by atoms with Crippen LogP contribution < -0.4 is 10.1 Å². The molecule has 0 spiro atoms. The van der Waals surface area contributed by atoms with E-state index in [0.29, 0.717) is 34.3 Å². The largest absolute Gasteiger partial charge is 0.457 e. The van der Waals surface area contributed by atoms with Crippen molar-refractivity contribution in [2.75, 3.05) is 12.4 Å². The first-order chi connectivity index (χ1) is 13.5. The Hall–Kier alpha value is -3.49. The summed E-state index contributed by atoms with van der Waals surface area (Å²) in [5.41, 5.74) is 2.11. The van der Waals surface area contributed by atoms with E-state index in [1.807, 2.05) is 18.2 Å². The Morgan fingerprint density at radius 2 is 1.64 bits per heavy atom. The molecule has 0 saturated heterocycles. The molecule has 5 nitrogen and oxygen atoms in total. The molecular weight excluding hydrogens is 374 g/mol. The molecule has 0 saturated carbocycles. The van der Waals surface area contributed by atoms with Crippen LogP contribution in [-0.4, -0.2) is 18.0 Å². The highest BCUT2D eigenvalue weighted by molar-refractivity contribution is 6.31. The highest BCUT2D eigenvalue weighted by atomic mass is 35.5. The zero-order chi connectivity index (χ0) is 19.9. The van der Waals surface area contributed by atoms with E-state index < -0.39 is 0 Å². The molecule has 0 unspecified atom stereocenters. The van der Waals surface area contributed by atoms with Gasteiger partial charge in [-0.25, -0.2) is 4.79 Å². The van der Waals surface area contributed by atoms with E-state index in [9.17, 15) is 4.79 Å². The van der Waals surface area contributed by atoms with Crippen molar-refractivity contribution in [2.45, 2.75) is 6.54 Å². The van der Waals surface area contributed by atoms with Gasteiger partial charge in [-0.05, 0) is 60.2 Å². The third-order valence-electron chi connectivity index (χ3n) is 4.04. The van der Waals surface area contributed by atoms with Crippen LogP contribution in [0.5, 0.6) is 11.5 Å². The average molecular weight is 392 g/mol. The second kappa shape index (κ2) is 8.94. The maximum atomic E-state index is 12.4. The number of urea groups is 1. The number of benzene rings is 3. The minimum absolute atomic E-state index is 0.235. The summed E-state index contributed by atoms with van der Waals surface area (Å²) < 4.78 is 5.73. The molecule has 0 bridgehead atoms. The lowest BCUT2D eigenvalue weighted by atomic mass is 10.2. The lowest BCUT2D eigenvalue weighted by Crippen LogP contribution is -2.30. The number of nitriles is 1. The van der Waals surface area contributed by atoms with E-state index >= 15 is 0 Å². The fourth-order valence-electron chi connectivity index (χ4n) is 2.51. The summed E-state index contributed by atoms with van der Waals surface area (Å²) in [4.78, 5) is 13.9. The van der Waals surface area contributed by atoms with Gasteiger partial charge >= 0.3 is 6.03 Å². The Bertz CT molecular complexity index is 996. The fraction of sp³-hybridized carbons (Fsp3) is 0.0909. The van der Waals surface area contributed by atoms with Crippen LogP contribution in [-0.2, 0) is 6.54 Å². The number of anilines is 1. The highest BCUT2D eigenvalue weighted by Crippen LogP contribution is 2.23. The van der Waals surface area contributed by atoms with Crippen LogP contribution in [0.2, 0.25) is 5.02 Å². The number of nitrogens with zero attached hydrogens (tertiary/aromatic N) is 2. The van der Waals surface area contributed by atoms with E-state index in [4.69, 9.17) is 21.6 Å². The van der Waals surface area contributed by atoms with Crippen molar-refractivity contribution in [3.63, 3.8) is 0 Å². The first-order valence-electron chi connectivity index (χ1n) is 8.59. The van der Waals surface area contributed by atoms with Crippen molar-refractivity contribution in [1.29, 1.82) is 5.26 Å². The molecule has 28 heavy (non-hydrogen) atoms. The number of carbonyl (C=O) groups is 1. The smallest absolute Gasteiger partial charge is 0.321 e. The van der Waals surface area contributed by atoms with Crippen LogP contribution in [0, 0.1) is 11.3 Å². The van der Waals surface area contributed by atoms with Gasteiger partial charge in [0.2, 0.25) is 0 Å². The number of halogens is 1. The number of amides is 2. The summed E-state index contributed by atoms with van der Waals surface area (Å²) in [6.07, 6.45) is 0. The van der Waals surface area contributed by atoms with Crippen molar-refractivity contribution < 1.29 is 9.53 Å². The van der Waals surface area contributed by atoms with Crippen LogP contribution in [0.25, 0.3) is 0 Å². The van der Waals surface area contributed by atoms with E-state index in [0.717, 1.165) is 5.56 Å². The normalized spacial score (nSPS) is 10.0. The second-order valence-electron chi connectivity index (χ2n) is 6.14. The van der Waals surface area contributed by atoms with Crippen LogP contribution in [0.1, 0.15) is 11.1 Å². The van der Waals surface area contributed by atoms with Gasteiger partial charge in [0, 0.05) is 24.3 Å². The molecule has 3 aromatic rings. The minimum Gasteiger partial charge on any atom is -0.457 e. The number of nitrogens with one attached hydrogen (secondary N) is 1. The molecule has 140 valence electrons. The summed E-state index contributed by atoms with van der Waals surface area (Å²) in [5, 5.41) is 12.3. The molecule has 0 heterocycles. The molecule has 1 N–H and O–H groups in total. The predicted molar refractivity (Wildman–Crippen MR) is 110 cm³/mol. The van der Waals surface area contributed by atoms with Gasteiger partial charge < -0.3 is 15.0 Å². The molecule has 0 radical (unpaired) electrons. The summed E-state index contributed by atoms with van der Waals surface area (Å²) in [5.74, 6) is 1.27. The number of hydrogen-bond donors (Lipinski definition) is 1. The topological polar surface area (TPSA) is 65.4 Å². The lowest BCUT2D eigenvalue weighted by molar-refractivity contribution is 0.220. The van der Waals surface area contributed by atoms with Gasteiger partial charge in [0.25, 0.3) is 0 Å². The number of carbonyl (C=O) groups excluding carboxylic acids is 1. The lowest BCUT2D eigenvalue weighted by Gasteiger charge is -2.19. The Labute approximate surface area is 168 Å². The summed E-state index contributed by atoms with van der Waals surface area (Å²) >= 11 is 6.15. The third-order valence-corrected chi connectivity index (χ3v) is 4.41. The van der Waals surface area contributed by atoms with Crippen molar-refractivity contribution >= 4 is 23.3 Å². The molecule has 0 aliphatic heterocycles. The van der Waals surface area contributed by atoms with Gasteiger partial charge in [-0.2, -0.15) is 5.26 Å². The van der Waals surface area contributed by atoms with Gasteiger partial charge in [0.05, 0.1) is 11.6 Å². The van der Waals surface area contributed by atoms with Crippen molar-refractivity contribution in [3.8, 4) is 17.6 Å². The van der Waals surface area contributed by atoms with Crippen molar-refractivity contribution in [1.82, 2.24) is 4.90 Å². The Kier molecular flexibility index (Phi) is 6.15. The Morgan fingerprint density at radius 3 is 2.25 bits per heavy atom. The molecule has 2 amide bonds. The van der Waals surface area contributed by atoms with E-state index in [2.05, 4.69) is 11.4 Å². The average Bonchev–Trinajstić information content (AvgIpc) is 2.71. The minimum atomic E-state index is -0.235. The molecule has 0 fully saturated rings. The van der Waals surface area contributed by atoms with Crippen LogP contribution in [0.15, 0.2) is 72.8 Å². The fourth-order valence-corrected chi connectivity index (χ4v) is 2.71. The van der Waals surface area contributed by atoms with Crippen LogP contribution >= 0.6 is 11.6 Å². The van der Waals surface area contributed by atoms with Gasteiger partial charge in [-0.3, -0.25) is 0 Å². The quantitative estimate of drug-likeness (QED) is 0.609. The van der Waals surface area contributed by atoms with E-state index in [1.165, 1.54) is 0 Å². The first kappa shape index (κ1) is 19.3. The predicted octanol–water partition coefficient (Wildman–Crippen LogP) is 5.67. The highest BCUT2D eigenvalue weighted by Gasteiger charge is 2.11. The standard InChI is InChI=1S/C22H18ClN3O2/c1-26(15-17-4-2-3-5-21(17)23)22(27)25-18-8-12-20(13-9-18)28-19-10-6-16(14-24)7-11-19/h2-13H,15H2,1H3,(H,25,27). The van der Waals surface area contributed by atoms with Crippen LogP contribution in [0.4, 0.5) is 10.5 Å². The second-order valence-corrected chi connectivity index (χ2v) is 6.55. The summed E-state index contributed by atoms with van der Waals surface area (Å²) in [7, 11) is 1.71. The van der Waals surface area contributed by atoms with Crippen molar-refractivity contribution in [2.24, 2.45) is 0 Å². The zero-order valence-electron chi connectivity index (χ0n) is 15.2. The molecule has 0 aromatic heterocycles. The van der Waals surface area contributed by atoms with Crippen molar-refractivity contribution in [3.05, 3.63) is 88.9 Å². The zero-order valence-corrected chi connectivity index (χ0v) is 16.0. The summed E-state index contributed by atoms with van der Waals surface area (Å²) in [6.45, 7) is 0.408. The van der Waals surface area contributed by atoms with Gasteiger partial charge in [0.1, 0.15) is 11.5 Å².